The number of halogens is 1. The lowest BCUT2D eigenvalue weighted by molar-refractivity contribution is -0.231. The fraction of sp³-hybridized carbons (Fsp3) is 0.379. The lowest BCUT2D eigenvalue weighted by atomic mass is 9.90. The van der Waals surface area contributed by atoms with Crippen molar-refractivity contribution in [3.63, 3.8) is 0 Å². The summed E-state index contributed by atoms with van der Waals surface area (Å²) < 4.78 is 5.74. The lowest BCUT2D eigenvalue weighted by Gasteiger charge is -2.41. The van der Waals surface area contributed by atoms with Gasteiger partial charge < -0.3 is 30.0 Å². The number of aliphatic hydroxyl groups is 4. The summed E-state index contributed by atoms with van der Waals surface area (Å²) in [5.41, 5.74) is 1.41. The lowest BCUT2D eigenvalue weighted by Crippen LogP contribution is -2.65. The summed E-state index contributed by atoms with van der Waals surface area (Å²) in [7, 11) is -3.18. The summed E-state index contributed by atoms with van der Waals surface area (Å²) in [6, 6.07) is 24.9. The Labute approximate surface area is 223 Å². The van der Waals surface area contributed by atoms with Crippen LogP contribution in [0.15, 0.2) is 78.9 Å². The van der Waals surface area contributed by atoms with Crippen LogP contribution in [-0.4, -0.2) is 64.6 Å². The molecular weight excluding hydrogens is 508 g/mol. The molecule has 3 aromatic rings. The molecule has 198 valence electrons. The summed E-state index contributed by atoms with van der Waals surface area (Å²) >= 11 is 6.57. The third-order valence-electron chi connectivity index (χ3n) is 7.67. The van der Waals surface area contributed by atoms with Gasteiger partial charge in [-0.2, -0.15) is 0 Å². The molecule has 0 bridgehead atoms. The molecule has 6 nitrogen and oxygen atoms in total. The molecule has 0 radical (unpaired) electrons. The van der Waals surface area contributed by atoms with Crippen LogP contribution in [0.5, 0.6) is 0 Å². The molecular formula is C29H35ClO6Si. The molecule has 0 spiro atoms. The molecule has 1 heterocycles. The third-order valence-corrected chi connectivity index (χ3v) is 12.6. The SMILES string of the molecule is CC(C)(CCc1cc(C2OC(CO)[C@@H](O)C(O)[C@H]2O)ccc1Cl)[Si](O)(c1ccccc1)c1ccccc1. The minimum atomic E-state index is -3.18. The Kier molecular flexibility index (Phi) is 8.57. The molecule has 0 aliphatic carbocycles. The maximum atomic E-state index is 12.4. The summed E-state index contributed by atoms with van der Waals surface area (Å²) in [5, 5.41) is 42.4. The van der Waals surface area contributed by atoms with E-state index in [-0.39, 0.29) is 0 Å². The van der Waals surface area contributed by atoms with Crippen LogP contribution in [0.1, 0.15) is 37.5 Å². The summed E-state index contributed by atoms with van der Waals surface area (Å²) in [6.45, 7) is 3.70. The van der Waals surface area contributed by atoms with E-state index >= 15 is 0 Å². The Hall–Kier alpha value is -2.07. The van der Waals surface area contributed by atoms with Gasteiger partial charge in [-0.1, -0.05) is 98.2 Å². The van der Waals surface area contributed by atoms with Crippen LogP contribution in [0.4, 0.5) is 0 Å². The van der Waals surface area contributed by atoms with Crippen LogP contribution in [0.3, 0.4) is 0 Å². The zero-order chi connectivity index (χ0) is 26.8. The second-order valence-corrected chi connectivity index (χ2v) is 14.8. The zero-order valence-electron chi connectivity index (χ0n) is 21.0. The zero-order valence-corrected chi connectivity index (χ0v) is 22.8. The van der Waals surface area contributed by atoms with E-state index in [1.807, 2.05) is 66.7 Å². The van der Waals surface area contributed by atoms with Gasteiger partial charge in [-0.3, -0.25) is 0 Å². The Morgan fingerprint density at radius 1 is 0.838 bits per heavy atom. The van der Waals surface area contributed by atoms with Crippen LogP contribution in [0, 0.1) is 0 Å². The average Bonchev–Trinajstić information content (AvgIpc) is 2.92. The van der Waals surface area contributed by atoms with Crippen molar-refractivity contribution in [2.24, 2.45) is 0 Å². The third kappa shape index (κ3) is 5.41. The van der Waals surface area contributed by atoms with E-state index in [0.29, 0.717) is 23.4 Å². The van der Waals surface area contributed by atoms with Gasteiger partial charge in [-0.25, -0.2) is 0 Å². The van der Waals surface area contributed by atoms with Crippen LogP contribution in [0.25, 0.3) is 0 Å². The summed E-state index contributed by atoms with van der Waals surface area (Å²) in [5.74, 6) is 0. The van der Waals surface area contributed by atoms with Crippen LogP contribution >= 0.6 is 11.6 Å². The predicted octanol–water partition coefficient (Wildman–Crippen LogP) is 2.32. The van der Waals surface area contributed by atoms with Crippen LogP contribution in [-0.2, 0) is 11.2 Å². The molecule has 3 unspecified atom stereocenters. The van der Waals surface area contributed by atoms with Gasteiger partial charge in [0, 0.05) is 5.02 Å². The van der Waals surface area contributed by atoms with Crippen molar-refractivity contribution in [1.82, 2.24) is 0 Å². The molecule has 5 N–H and O–H groups in total. The highest BCUT2D eigenvalue weighted by Crippen LogP contribution is 2.41. The van der Waals surface area contributed by atoms with E-state index < -0.39 is 50.5 Å². The van der Waals surface area contributed by atoms with Crippen molar-refractivity contribution < 1.29 is 30.0 Å². The summed E-state index contributed by atoms with van der Waals surface area (Å²) in [4.78, 5) is 12.4. The van der Waals surface area contributed by atoms with Crippen molar-refractivity contribution in [2.75, 3.05) is 6.61 Å². The van der Waals surface area contributed by atoms with Crippen molar-refractivity contribution >= 4 is 30.3 Å². The molecule has 1 fully saturated rings. The molecule has 37 heavy (non-hydrogen) atoms. The first-order valence-corrected chi connectivity index (χ1v) is 14.8. The highest BCUT2D eigenvalue weighted by atomic mass is 35.5. The normalized spacial score (nSPS) is 24.7. The molecule has 5 atom stereocenters. The second-order valence-electron chi connectivity index (χ2n) is 10.4. The highest BCUT2D eigenvalue weighted by Gasteiger charge is 2.49. The Morgan fingerprint density at radius 3 is 1.95 bits per heavy atom. The molecule has 1 aliphatic rings. The summed E-state index contributed by atoms with van der Waals surface area (Å²) in [6.07, 6.45) is -4.95. The van der Waals surface area contributed by atoms with Gasteiger partial charge >= 0.3 is 0 Å². The number of rotatable bonds is 8. The molecule has 4 rings (SSSR count). The highest BCUT2D eigenvalue weighted by molar-refractivity contribution is 6.98. The number of benzene rings is 3. The van der Waals surface area contributed by atoms with Crippen LogP contribution < -0.4 is 10.4 Å². The van der Waals surface area contributed by atoms with Gasteiger partial charge in [0.05, 0.1) is 6.61 Å². The standard InChI is InChI=1S/C29H35ClO6Si/c1-29(2,37(35,21-9-5-3-6-10-21)22-11-7-4-8-12-22)16-15-19-17-20(13-14-23(19)30)28-27(34)26(33)25(32)24(18-31)36-28/h3-14,17,24-28,31-35H,15-16,18H2,1-2H3/t24?,25-,26?,27-,28?/m1/s1. The Bertz CT molecular complexity index is 1130. The van der Waals surface area contributed by atoms with Gasteiger partial charge in [0.1, 0.15) is 30.5 Å². The van der Waals surface area contributed by atoms with E-state index in [4.69, 9.17) is 16.3 Å². The van der Waals surface area contributed by atoms with Crippen molar-refractivity contribution in [1.29, 1.82) is 0 Å². The molecule has 8 heteroatoms. The molecule has 0 amide bonds. The van der Waals surface area contributed by atoms with E-state index in [1.165, 1.54) is 0 Å². The number of ether oxygens (including phenoxy) is 1. The topological polar surface area (TPSA) is 110 Å². The van der Waals surface area contributed by atoms with Gasteiger partial charge in [-0.15, -0.1) is 0 Å². The minimum Gasteiger partial charge on any atom is -0.424 e. The largest absolute Gasteiger partial charge is 0.424 e. The van der Waals surface area contributed by atoms with Gasteiger partial charge in [0.2, 0.25) is 0 Å². The predicted molar refractivity (Wildman–Crippen MR) is 147 cm³/mol. The maximum absolute atomic E-state index is 12.4. The van der Waals surface area contributed by atoms with Gasteiger partial charge in [-0.05, 0) is 45.4 Å². The number of aliphatic hydroxyl groups excluding tert-OH is 4. The number of aryl methyl sites for hydroxylation is 1. The molecule has 0 aromatic heterocycles. The number of hydrogen-bond donors (Lipinski definition) is 5. The monoisotopic (exact) mass is 542 g/mol. The van der Waals surface area contributed by atoms with Crippen molar-refractivity contribution in [2.45, 2.75) is 62.2 Å². The van der Waals surface area contributed by atoms with E-state index in [1.54, 1.807) is 12.1 Å². The molecule has 0 saturated carbocycles. The van der Waals surface area contributed by atoms with Crippen molar-refractivity contribution in [3.05, 3.63) is 95.0 Å². The van der Waals surface area contributed by atoms with E-state index in [9.17, 15) is 25.2 Å². The minimum absolute atomic E-state index is 0.474. The van der Waals surface area contributed by atoms with E-state index in [2.05, 4.69) is 13.8 Å². The van der Waals surface area contributed by atoms with Crippen molar-refractivity contribution in [3.8, 4) is 0 Å². The first kappa shape index (κ1) is 27.9. The molecule has 1 aliphatic heterocycles. The Balaban J connectivity index is 1.63. The first-order valence-electron chi connectivity index (χ1n) is 12.5. The maximum Gasteiger partial charge on any atom is 0.258 e. The molecule has 3 aromatic carbocycles. The first-order chi connectivity index (χ1) is 17.6. The van der Waals surface area contributed by atoms with Gasteiger partial charge in [0.25, 0.3) is 8.32 Å². The fourth-order valence-corrected chi connectivity index (χ4v) is 9.22. The smallest absolute Gasteiger partial charge is 0.258 e. The van der Waals surface area contributed by atoms with Gasteiger partial charge in [0.15, 0.2) is 0 Å². The van der Waals surface area contributed by atoms with E-state index in [0.717, 1.165) is 15.9 Å². The quantitative estimate of drug-likeness (QED) is 0.279. The second kappa shape index (κ2) is 11.4. The number of hydrogen-bond acceptors (Lipinski definition) is 6. The van der Waals surface area contributed by atoms with Crippen LogP contribution in [0.2, 0.25) is 10.1 Å². The average molecular weight is 543 g/mol. The Morgan fingerprint density at radius 2 is 1.41 bits per heavy atom. The molecule has 1 saturated heterocycles. The fourth-order valence-electron chi connectivity index (χ4n) is 5.28.